The summed E-state index contributed by atoms with van der Waals surface area (Å²) in [5, 5.41) is 14.8. The molecule has 0 atom stereocenters. The Morgan fingerprint density at radius 3 is 2.60 bits per heavy atom. The second-order valence-corrected chi connectivity index (χ2v) is 4.49. The van der Waals surface area contributed by atoms with Crippen LogP contribution in [0.5, 0.6) is 0 Å². The standard InChI is InChI=1S/C13H15N3O4/c1-7-4-10(13(19)14-6-12(17)18)9(3)16(7)11-5-8(2)20-15-11/h4-5H,6H2,1-3H3,(H,14,19)(H,17,18). The van der Waals surface area contributed by atoms with Crippen LogP contribution in [0, 0.1) is 20.8 Å². The van der Waals surface area contributed by atoms with Crippen LogP contribution in [-0.2, 0) is 4.79 Å². The molecule has 2 aromatic rings. The molecule has 2 aromatic heterocycles. The SMILES string of the molecule is Cc1cc(-n2c(C)cc(C(=O)NCC(=O)O)c2C)no1. The van der Waals surface area contributed by atoms with Crippen LogP contribution in [0.1, 0.15) is 27.5 Å². The molecule has 106 valence electrons. The molecule has 20 heavy (non-hydrogen) atoms. The Labute approximate surface area is 115 Å². The first-order chi connectivity index (χ1) is 9.40. The van der Waals surface area contributed by atoms with Gasteiger partial charge < -0.3 is 14.9 Å². The maximum absolute atomic E-state index is 11.9. The lowest BCUT2D eigenvalue weighted by Gasteiger charge is -2.05. The molecule has 2 rings (SSSR count). The van der Waals surface area contributed by atoms with E-state index >= 15 is 0 Å². The summed E-state index contributed by atoms with van der Waals surface area (Å²) in [6, 6.07) is 3.45. The van der Waals surface area contributed by atoms with Crippen LogP contribution in [0.25, 0.3) is 5.82 Å². The molecule has 0 fully saturated rings. The van der Waals surface area contributed by atoms with Crippen LogP contribution in [0.3, 0.4) is 0 Å². The molecule has 0 aliphatic carbocycles. The number of aryl methyl sites for hydroxylation is 2. The van der Waals surface area contributed by atoms with E-state index in [0.717, 1.165) is 5.69 Å². The van der Waals surface area contributed by atoms with Gasteiger partial charge in [0.2, 0.25) is 0 Å². The number of hydrogen-bond acceptors (Lipinski definition) is 4. The Hall–Kier alpha value is -2.57. The minimum atomic E-state index is -1.08. The van der Waals surface area contributed by atoms with Crippen molar-refractivity contribution in [3.05, 3.63) is 34.8 Å². The number of hydrogen-bond donors (Lipinski definition) is 2. The van der Waals surface area contributed by atoms with Crippen LogP contribution in [0.4, 0.5) is 0 Å². The molecular weight excluding hydrogens is 262 g/mol. The zero-order valence-corrected chi connectivity index (χ0v) is 11.4. The maximum Gasteiger partial charge on any atom is 0.322 e. The largest absolute Gasteiger partial charge is 0.480 e. The maximum atomic E-state index is 11.9. The molecule has 0 spiro atoms. The van der Waals surface area contributed by atoms with Gasteiger partial charge in [0.1, 0.15) is 12.3 Å². The average molecular weight is 277 g/mol. The molecular formula is C13H15N3O4. The van der Waals surface area contributed by atoms with Gasteiger partial charge in [0, 0.05) is 17.5 Å². The number of carbonyl (C=O) groups excluding carboxylic acids is 1. The Morgan fingerprint density at radius 1 is 1.35 bits per heavy atom. The van der Waals surface area contributed by atoms with Crippen LogP contribution < -0.4 is 5.32 Å². The van der Waals surface area contributed by atoms with Gasteiger partial charge in [-0.15, -0.1) is 0 Å². The molecule has 1 amide bonds. The van der Waals surface area contributed by atoms with E-state index in [2.05, 4.69) is 10.5 Å². The minimum absolute atomic E-state index is 0.411. The number of carboxylic acid groups (broad SMARTS) is 1. The van der Waals surface area contributed by atoms with Crippen LogP contribution in [-0.4, -0.2) is 33.3 Å². The summed E-state index contributed by atoms with van der Waals surface area (Å²) in [4.78, 5) is 22.4. The third kappa shape index (κ3) is 2.56. The fourth-order valence-corrected chi connectivity index (χ4v) is 2.05. The summed E-state index contributed by atoms with van der Waals surface area (Å²) in [6.45, 7) is 4.98. The summed E-state index contributed by atoms with van der Waals surface area (Å²) < 4.78 is 6.81. The van der Waals surface area contributed by atoms with Crippen molar-refractivity contribution in [3.8, 4) is 5.82 Å². The van der Waals surface area contributed by atoms with E-state index in [-0.39, 0.29) is 0 Å². The first-order valence-corrected chi connectivity index (χ1v) is 6.02. The fourth-order valence-electron chi connectivity index (χ4n) is 2.05. The van der Waals surface area contributed by atoms with E-state index in [9.17, 15) is 9.59 Å². The Morgan fingerprint density at radius 2 is 2.05 bits per heavy atom. The number of aromatic nitrogens is 2. The lowest BCUT2D eigenvalue weighted by atomic mass is 10.2. The molecule has 0 aliphatic rings. The number of aliphatic carboxylic acids is 1. The van der Waals surface area contributed by atoms with Gasteiger partial charge in [0.05, 0.1) is 5.56 Å². The highest BCUT2D eigenvalue weighted by Gasteiger charge is 2.18. The summed E-state index contributed by atoms with van der Waals surface area (Å²) in [7, 11) is 0. The van der Waals surface area contributed by atoms with Crippen LogP contribution in [0.15, 0.2) is 16.7 Å². The third-order valence-electron chi connectivity index (χ3n) is 2.92. The monoisotopic (exact) mass is 277 g/mol. The second-order valence-electron chi connectivity index (χ2n) is 4.49. The number of rotatable bonds is 4. The molecule has 0 aromatic carbocycles. The van der Waals surface area contributed by atoms with Crippen molar-refractivity contribution in [1.82, 2.24) is 15.0 Å². The highest BCUT2D eigenvalue weighted by atomic mass is 16.5. The van der Waals surface area contributed by atoms with Crippen molar-refractivity contribution >= 4 is 11.9 Å². The highest BCUT2D eigenvalue weighted by Crippen LogP contribution is 2.20. The summed E-state index contributed by atoms with van der Waals surface area (Å²) >= 11 is 0. The number of carboxylic acids is 1. The van der Waals surface area contributed by atoms with Gasteiger partial charge in [-0.25, -0.2) is 0 Å². The van der Waals surface area contributed by atoms with Crippen molar-refractivity contribution in [2.24, 2.45) is 0 Å². The van der Waals surface area contributed by atoms with E-state index in [0.29, 0.717) is 22.8 Å². The normalized spacial score (nSPS) is 10.6. The minimum Gasteiger partial charge on any atom is -0.480 e. The molecule has 2 N–H and O–H groups in total. The zero-order chi connectivity index (χ0) is 14.9. The number of nitrogens with one attached hydrogen (secondary N) is 1. The lowest BCUT2D eigenvalue weighted by molar-refractivity contribution is -0.135. The molecule has 0 saturated carbocycles. The first kappa shape index (κ1) is 13.9. The Balaban J connectivity index is 2.34. The van der Waals surface area contributed by atoms with Crippen molar-refractivity contribution in [2.45, 2.75) is 20.8 Å². The molecule has 7 heteroatoms. The van der Waals surface area contributed by atoms with Crippen molar-refractivity contribution < 1.29 is 19.2 Å². The van der Waals surface area contributed by atoms with Crippen molar-refractivity contribution in [2.75, 3.05) is 6.54 Å². The number of nitrogens with zero attached hydrogens (tertiary/aromatic N) is 2. The lowest BCUT2D eigenvalue weighted by Crippen LogP contribution is -2.29. The van der Waals surface area contributed by atoms with Crippen LogP contribution >= 0.6 is 0 Å². The van der Waals surface area contributed by atoms with Gasteiger partial charge in [-0.05, 0) is 26.8 Å². The van der Waals surface area contributed by atoms with Gasteiger partial charge >= 0.3 is 5.97 Å². The Kier molecular flexibility index (Phi) is 3.60. The van der Waals surface area contributed by atoms with E-state index < -0.39 is 18.4 Å². The van der Waals surface area contributed by atoms with E-state index in [1.807, 2.05) is 6.92 Å². The Bertz CT molecular complexity index is 669. The van der Waals surface area contributed by atoms with Crippen LogP contribution in [0.2, 0.25) is 0 Å². The van der Waals surface area contributed by atoms with Gasteiger partial charge in [0.15, 0.2) is 5.82 Å². The third-order valence-corrected chi connectivity index (χ3v) is 2.92. The molecule has 0 aliphatic heterocycles. The molecule has 7 nitrogen and oxygen atoms in total. The zero-order valence-electron chi connectivity index (χ0n) is 11.4. The van der Waals surface area contributed by atoms with Gasteiger partial charge in [-0.1, -0.05) is 5.16 Å². The van der Waals surface area contributed by atoms with Gasteiger partial charge in [0.25, 0.3) is 5.91 Å². The molecule has 2 heterocycles. The molecule has 0 radical (unpaired) electrons. The summed E-state index contributed by atoms with van der Waals surface area (Å²) in [6.07, 6.45) is 0. The van der Waals surface area contributed by atoms with E-state index in [4.69, 9.17) is 9.63 Å². The molecule has 0 bridgehead atoms. The quantitative estimate of drug-likeness (QED) is 0.875. The summed E-state index contributed by atoms with van der Waals surface area (Å²) in [5.41, 5.74) is 1.92. The topological polar surface area (TPSA) is 97.4 Å². The first-order valence-electron chi connectivity index (χ1n) is 6.02. The van der Waals surface area contributed by atoms with E-state index in [1.54, 1.807) is 30.5 Å². The van der Waals surface area contributed by atoms with Crippen molar-refractivity contribution in [1.29, 1.82) is 0 Å². The highest BCUT2D eigenvalue weighted by molar-refractivity contribution is 5.97. The molecule has 0 saturated heterocycles. The summed E-state index contributed by atoms with van der Waals surface area (Å²) in [5.74, 6) is -0.245. The predicted molar refractivity (Wildman–Crippen MR) is 70.0 cm³/mol. The fraction of sp³-hybridized carbons (Fsp3) is 0.308. The number of amides is 1. The second kappa shape index (κ2) is 5.20. The van der Waals surface area contributed by atoms with Crippen molar-refractivity contribution in [3.63, 3.8) is 0 Å². The molecule has 0 unspecified atom stereocenters. The van der Waals surface area contributed by atoms with Gasteiger partial charge in [-0.2, -0.15) is 0 Å². The number of carbonyl (C=O) groups is 2. The smallest absolute Gasteiger partial charge is 0.322 e. The predicted octanol–water partition coefficient (Wildman–Crippen LogP) is 1.20. The van der Waals surface area contributed by atoms with E-state index in [1.165, 1.54) is 0 Å². The van der Waals surface area contributed by atoms with Gasteiger partial charge in [-0.3, -0.25) is 14.2 Å². The average Bonchev–Trinajstić information content (AvgIpc) is 2.90.